The normalized spacial score (nSPS) is 14.6. The summed E-state index contributed by atoms with van der Waals surface area (Å²) in [7, 11) is 0. The van der Waals surface area contributed by atoms with Crippen LogP contribution in [0.1, 0.15) is 35.6 Å². The fourth-order valence-corrected chi connectivity index (χ4v) is 3.36. The predicted octanol–water partition coefficient (Wildman–Crippen LogP) is 3.80. The standard InChI is InChI=1S/C16H13Cl2N3O/c17-11-5-9(6-12(18)8-11)7-13-15(10-1-2-10)20-14-3-4-19-21(14)16(13)22/h3-6,8,10,19H,1-2,7H2. The minimum atomic E-state index is -0.0482. The van der Waals surface area contributed by atoms with Crippen LogP contribution in [0.2, 0.25) is 10.0 Å². The van der Waals surface area contributed by atoms with Gasteiger partial charge in [-0.15, -0.1) is 0 Å². The first-order chi connectivity index (χ1) is 10.6. The molecule has 2 heterocycles. The molecule has 0 radical (unpaired) electrons. The molecule has 1 saturated carbocycles. The average Bonchev–Trinajstić information content (AvgIpc) is 3.19. The molecule has 0 aliphatic heterocycles. The average molecular weight is 334 g/mol. The molecule has 0 amide bonds. The van der Waals surface area contributed by atoms with Crippen molar-refractivity contribution in [3.63, 3.8) is 0 Å². The summed E-state index contributed by atoms with van der Waals surface area (Å²) in [6.07, 6.45) is 4.40. The van der Waals surface area contributed by atoms with E-state index in [0.717, 1.165) is 29.7 Å². The lowest BCUT2D eigenvalue weighted by molar-refractivity contribution is 0.838. The van der Waals surface area contributed by atoms with Crippen molar-refractivity contribution >= 4 is 28.8 Å². The van der Waals surface area contributed by atoms with E-state index in [0.29, 0.717) is 28.0 Å². The highest BCUT2D eigenvalue weighted by atomic mass is 35.5. The third kappa shape index (κ3) is 2.42. The van der Waals surface area contributed by atoms with Crippen LogP contribution >= 0.6 is 23.2 Å². The Labute approximate surface area is 136 Å². The number of H-pyrrole nitrogens is 1. The van der Waals surface area contributed by atoms with Crippen LogP contribution in [0.15, 0.2) is 35.3 Å². The highest BCUT2D eigenvalue weighted by Gasteiger charge is 2.30. The summed E-state index contributed by atoms with van der Waals surface area (Å²) in [5.41, 5.74) is 3.18. The van der Waals surface area contributed by atoms with E-state index in [1.807, 2.05) is 18.2 Å². The van der Waals surface area contributed by atoms with Gasteiger partial charge in [0, 0.05) is 40.2 Å². The maximum atomic E-state index is 12.7. The molecule has 0 atom stereocenters. The number of aromatic nitrogens is 3. The monoisotopic (exact) mass is 333 g/mol. The molecule has 22 heavy (non-hydrogen) atoms. The first kappa shape index (κ1) is 13.9. The largest absolute Gasteiger partial charge is 0.297 e. The molecule has 112 valence electrons. The van der Waals surface area contributed by atoms with Crippen LogP contribution in [-0.4, -0.2) is 14.6 Å². The maximum absolute atomic E-state index is 12.7. The third-order valence-electron chi connectivity index (χ3n) is 3.94. The zero-order valence-electron chi connectivity index (χ0n) is 11.6. The van der Waals surface area contributed by atoms with E-state index < -0.39 is 0 Å². The van der Waals surface area contributed by atoms with Crippen molar-refractivity contribution in [2.24, 2.45) is 0 Å². The minimum Gasteiger partial charge on any atom is -0.297 e. The molecule has 4 rings (SSSR count). The molecule has 2 aromatic heterocycles. The summed E-state index contributed by atoms with van der Waals surface area (Å²) in [5, 5.41) is 4.06. The Hall–Kier alpha value is -1.78. The van der Waals surface area contributed by atoms with Crippen LogP contribution in [0, 0.1) is 0 Å². The summed E-state index contributed by atoms with van der Waals surface area (Å²) in [5.74, 6) is 0.400. The SMILES string of the molecule is O=c1c(Cc2cc(Cl)cc(Cl)c2)c(C2CC2)nc2cc[nH]n12. The topological polar surface area (TPSA) is 50.2 Å². The van der Waals surface area contributed by atoms with Crippen LogP contribution in [0.5, 0.6) is 0 Å². The molecule has 0 unspecified atom stereocenters. The Morgan fingerprint density at radius 2 is 1.95 bits per heavy atom. The lowest BCUT2D eigenvalue weighted by atomic mass is 10.0. The highest BCUT2D eigenvalue weighted by molar-refractivity contribution is 6.34. The summed E-state index contributed by atoms with van der Waals surface area (Å²) in [6.45, 7) is 0. The molecule has 6 heteroatoms. The summed E-state index contributed by atoms with van der Waals surface area (Å²) < 4.78 is 1.48. The van der Waals surface area contributed by atoms with E-state index >= 15 is 0 Å². The predicted molar refractivity (Wildman–Crippen MR) is 87.1 cm³/mol. The van der Waals surface area contributed by atoms with Gasteiger partial charge in [-0.3, -0.25) is 9.89 Å². The Kier molecular flexibility index (Phi) is 3.24. The minimum absolute atomic E-state index is 0.0482. The van der Waals surface area contributed by atoms with Gasteiger partial charge in [0.2, 0.25) is 0 Å². The zero-order chi connectivity index (χ0) is 15.3. The van der Waals surface area contributed by atoms with Crippen LogP contribution in [0.3, 0.4) is 0 Å². The van der Waals surface area contributed by atoms with Crippen molar-refractivity contribution in [2.45, 2.75) is 25.2 Å². The van der Waals surface area contributed by atoms with Gasteiger partial charge in [0.15, 0.2) is 5.65 Å². The summed E-state index contributed by atoms with van der Waals surface area (Å²) in [6, 6.07) is 7.18. The fourth-order valence-electron chi connectivity index (χ4n) is 2.79. The molecule has 1 fully saturated rings. The van der Waals surface area contributed by atoms with E-state index in [1.165, 1.54) is 4.52 Å². The summed E-state index contributed by atoms with van der Waals surface area (Å²) >= 11 is 12.1. The van der Waals surface area contributed by atoms with E-state index in [1.54, 1.807) is 12.3 Å². The number of aromatic amines is 1. The second-order valence-electron chi connectivity index (χ2n) is 5.67. The molecule has 1 aliphatic rings. The van der Waals surface area contributed by atoms with Crippen molar-refractivity contribution in [3.8, 4) is 0 Å². The van der Waals surface area contributed by atoms with E-state index in [-0.39, 0.29) is 5.56 Å². The number of nitrogens with zero attached hydrogens (tertiary/aromatic N) is 2. The van der Waals surface area contributed by atoms with Gasteiger partial charge in [-0.2, -0.15) is 0 Å². The molecule has 0 bridgehead atoms. The van der Waals surface area contributed by atoms with Gasteiger partial charge in [-0.1, -0.05) is 23.2 Å². The van der Waals surface area contributed by atoms with Crippen LogP contribution in [0.25, 0.3) is 5.65 Å². The van der Waals surface area contributed by atoms with Gasteiger partial charge in [0.1, 0.15) is 0 Å². The van der Waals surface area contributed by atoms with Crippen LogP contribution < -0.4 is 5.56 Å². The van der Waals surface area contributed by atoms with Crippen LogP contribution in [0.4, 0.5) is 0 Å². The zero-order valence-corrected chi connectivity index (χ0v) is 13.2. The molecule has 3 aromatic rings. The van der Waals surface area contributed by atoms with E-state index in [9.17, 15) is 4.79 Å². The van der Waals surface area contributed by atoms with Gasteiger partial charge >= 0.3 is 0 Å². The molecule has 1 aromatic carbocycles. The highest BCUT2D eigenvalue weighted by Crippen LogP contribution is 2.40. The first-order valence-corrected chi connectivity index (χ1v) is 7.91. The number of fused-ring (bicyclic) bond motifs is 1. The molecular weight excluding hydrogens is 321 g/mol. The fraction of sp³-hybridized carbons (Fsp3) is 0.250. The van der Waals surface area contributed by atoms with E-state index in [4.69, 9.17) is 23.2 Å². The number of hydrogen-bond donors (Lipinski definition) is 1. The van der Waals surface area contributed by atoms with Crippen molar-refractivity contribution < 1.29 is 0 Å². The smallest absolute Gasteiger partial charge is 0.276 e. The second kappa shape index (κ2) is 5.14. The number of halogens is 2. The molecule has 0 saturated heterocycles. The van der Waals surface area contributed by atoms with Crippen molar-refractivity contribution in [3.05, 3.63) is 67.7 Å². The maximum Gasteiger partial charge on any atom is 0.276 e. The number of nitrogens with one attached hydrogen (secondary N) is 1. The Balaban J connectivity index is 1.87. The molecular formula is C16H13Cl2N3O. The molecule has 1 aliphatic carbocycles. The quantitative estimate of drug-likeness (QED) is 0.792. The molecule has 1 N–H and O–H groups in total. The third-order valence-corrected chi connectivity index (χ3v) is 4.37. The Morgan fingerprint density at radius 1 is 1.23 bits per heavy atom. The molecule has 0 spiro atoms. The van der Waals surface area contributed by atoms with Gasteiger partial charge in [-0.05, 0) is 36.6 Å². The first-order valence-electron chi connectivity index (χ1n) is 7.16. The van der Waals surface area contributed by atoms with Crippen molar-refractivity contribution in [1.29, 1.82) is 0 Å². The Bertz CT molecular complexity index is 905. The Morgan fingerprint density at radius 3 is 2.64 bits per heavy atom. The van der Waals surface area contributed by atoms with Gasteiger partial charge in [0.05, 0.1) is 5.69 Å². The van der Waals surface area contributed by atoms with Crippen LogP contribution in [-0.2, 0) is 6.42 Å². The van der Waals surface area contributed by atoms with E-state index in [2.05, 4.69) is 10.1 Å². The summed E-state index contributed by atoms with van der Waals surface area (Å²) in [4.78, 5) is 17.4. The lowest BCUT2D eigenvalue weighted by Crippen LogP contribution is -2.22. The van der Waals surface area contributed by atoms with Gasteiger partial charge in [-0.25, -0.2) is 9.50 Å². The van der Waals surface area contributed by atoms with Crippen molar-refractivity contribution in [2.75, 3.05) is 0 Å². The van der Waals surface area contributed by atoms with Gasteiger partial charge in [0.25, 0.3) is 5.56 Å². The van der Waals surface area contributed by atoms with Gasteiger partial charge < -0.3 is 0 Å². The number of rotatable bonds is 3. The number of hydrogen-bond acceptors (Lipinski definition) is 2. The number of benzene rings is 1. The molecule has 4 nitrogen and oxygen atoms in total. The van der Waals surface area contributed by atoms with Crippen molar-refractivity contribution in [1.82, 2.24) is 14.6 Å². The second-order valence-corrected chi connectivity index (χ2v) is 6.54. The lowest BCUT2D eigenvalue weighted by Gasteiger charge is -2.09.